The maximum atomic E-state index is 4.10. The van der Waals surface area contributed by atoms with Crippen LogP contribution >= 0.6 is 0 Å². The zero-order chi connectivity index (χ0) is 11.0. The molecule has 2 aliphatic heterocycles. The molecule has 3 aliphatic carbocycles. The molecule has 94 valence electrons. The zero-order valence-corrected chi connectivity index (χ0v) is 10.6. The number of nitrogens with zero attached hydrogens (tertiary/aromatic N) is 1. The second kappa shape index (κ2) is 3.27. The summed E-state index contributed by atoms with van der Waals surface area (Å²) in [4.78, 5) is 2.67. The summed E-state index contributed by atoms with van der Waals surface area (Å²) in [6.07, 6.45) is 7.61. The van der Waals surface area contributed by atoms with Gasteiger partial charge < -0.3 is 10.2 Å². The van der Waals surface area contributed by atoms with E-state index in [1.165, 1.54) is 32.5 Å². The molecule has 4 bridgehead atoms. The molecular weight excluding hydrogens is 208 g/mol. The van der Waals surface area contributed by atoms with Gasteiger partial charge in [0.15, 0.2) is 0 Å². The van der Waals surface area contributed by atoms with Crippen LogP contribution in [0.2, 0.25) is 0 Å². The van der Waals surface area contributed by atoms with Gasteiger partial charge in [0.25, 0.3) is 0 Å². The van der Waals surface area contributed by atoms with E-state index < -0.39 is 0 Å². The van der Waals surface area contributed by atoms with Crippen molar-refractivity contribution in [1.82, 2.24) is 10.2 Å². The van der Waals surface area contributed by atoms with E-state index in [0.29, 0.717) is 0 Å². The van der Waals surface area contributed by atoms with Crippen LogP contribution in [0.25, 0.3) is 0 Å². The molecule has 0 aromatic carbocycles. The van der Waals surface area contributed by atoms with Crippen molar-refractivity contribution >= 4 is 0 Å². The highest BCUT2D eigenvalue weighted by atomic mass is 15.2. The molecule has 5 rings (SSSR count). The van der Waals surface area contributed by atoms with Gasteiger partial charge in [-0.15, -0.1) is 0 Å². The van der Waals surface area contributed by atoms with Crippen LogP contribution in [0.1, 0.15) is 32.1 Å². The lowest BCUT2D eigenvalue weighted by molar-refractivity contribution is 0.214. The topological polar surface area (TPSA) is 15.3 Å². The average Bonchev–Trinajstić information content (AvgIpc) is 2.75. The number of nitrogens with one attached hydrogen (secondary N) is 1. The minimum absolute atomic E-state index is 0.878. The highest BCUT2D eigenvalue weighted by molar-refractivity contribution is 5.17. The summed E-state index contributed by atoms with van der Waals surface area (Å²) < 4.78 is 0. The molecule has 0 aromatic heterocycles. The lowest BCUT2D eigenvalue weighted by Crippen LogP contribution is -2.45. The Hall–Kier alpha value is -0.0800. The van der Waals surface area contributed by atoms with Gasteiger partial charge in [-0.3, -0.25) is 0 Å². The van der Waals surface area contributed by atoms with Crippen LogP contribution in [0.4, 0.5) is 0 Å². The first-order valence-corrected chi connectivity index (χ1v) is 7.88. The number of hydrogen-bond donors (Lipinski definition) is 1. The van der Waals surface area contributed by atoms with Crippen LogP contribution in [0.3, 0.4) is 0 Å². The fourth-order valence-corrected chi connectivity index (χ4v) is 5.97. The normalized spacial score (nSPS) is 62.8. The predicted octanol–water partition coefficient (Wildman–Crippen LogP) is 1.71. The molecule has 2 saturated heterocycles. The molecule has 0 aromatic rings. The molecule has 3 saturated carbocycles. The Morgan fingerprint density at radius 1 is 0.824 bits per heavy atom. The second-order valence-electron chi connectivity index (χ2n) is 7.42. The minimum atomic E-state index is 0.878. The maximum Gasteiger partial charge on any atom is 0.0138 e. The lowest BCUT2D eigenvalue weighted by atomic mass is 9.93. The smallest absolute Gasteiger partial charge is 0.0138 e. The molecule has 17 heavy (non-hydrogen) atoms. The van der Waals surface area contributed by atoms with E-state index in [0.717, 1.165) is 41.7 Å². The van der Waals surface area contributed by atoms with Crippen LogP contribution in [-0.4, -0.2) is 36.6 Å². The van der Waals surface area contributed by atoms with Crippen molar-refractivity contribution in [2.45, 2.75) is 44.2 Å². The Morgan fingerprint density at radius 3 is 2.41 bits per heavy atom. The van der Waals surface area contributed by atoms with Gasteiger partial charge in [0.2, 0.25) is 0 Å². The van der Waals surface area contributed by atoms with Gasteiger partial charge in [-0.1, -0.05) is 0 Å². The molecule has 7 atom stereocenters. The first-order valence-electron chi connectivity index (χ1n) is 7.88. The molecule has 2 heteroatoms. The minimum Gasteiger partial charge on any atom is -0.310 e. The van der Waals surface area contributed by atoms with Crippen LogP contribution in [0.5, 0.6) is 0 Å². The van der Waals surface area contributed by atoms with Crippen molar-refractivity contribution in [3.05, 3.63) is 0 Å². The molecule has 0 radical (unpaired) electrons. The first kappa shape index (κ1) is 9.80. The number of hydrogen-bond acceptors (Lipinski definition) is 2. The molecule has 1 N–H and O–H groups in total. The third-order valence-corrected chi connectivity index (χ3v) is 6.78. The van der Waals surface area contributed by atoms with E-state index in [9.17, 15) is 0 Å². The highest BCUT2D eigenvalue weighted by Crippen LogP contribution is 2.65. The molecule has 2 nitrogen and oxygen atoms in total. The summed E-state index contributed by atoms with van der Waals surface area (Å²) in [6.45, 7) is 4.14. The second-order valence-corrected chi connectivity index (χ2v) is 7.42. The third-order valence-electron chi connectivity index (χ3n) is 6.78. The number of fused-ring (bicyclic) bond motifs is 7. The Balaban J connectivity index is 1.28. The Bertz CT molecular complexity index is 326. The summed E-state index contributed by atoms with van der Waals surface area (Å²) >= 11 is 0. The van der Waals surface area contributed by atoms with Gasteiger partial charge in [0.1, 0.15) is 0 Å². The Morgan fingerprint density at radius 2 is 1.59 bits per heavy atom. The first-order chi connectivity index (χ1) is 8.40. The molecule has 7 unspecified atom stereocenters. The van der Waals surface area contributed by atoms with Crippen molar-refractivity contribution in [1.29, 1.82) is 0 Å². The number of rotatable bonds is 2. The summed E-state index contributed by atoms with van der Waals surface area (Å²) in [6, 6.07) is 1.84. The van der Waals surface area contributed by atoms with Gasteiger partial charge in [0.05, 0.1) is 0 Å². The van der Waals surface area contributed by atoms with Gasteiger partial charge in [-0.25, -0.2) is 0 Å². The molecule has 2 heterocycles. The summed E-state index contributed by atoms with van der Waals surface area (Å²) in [5.41, 5.74) is 0. The maximum absolute atomic E-state index is 4.10. The third kappa shape index (κ3) is 1.29. The van der Waals surface area contributed by atoms with Gasteiger partial charge in [-0.2, -0.15) is 0 Å². The number of piperidine rings is 1. The van der Waals surface area contributed by atoms with Crippen molar-refractivity contribution < 1.29 is 0 Å². The molecule has 0 spiro atoms. The Kier molecular flexibility index (Phi) is 1.88. The van der Waals surface area contributed by atoms with E-state index in [1.807, 2.05) is 0 Å². The van der Waals surface area contributed by atoms with Crippen molar-refractivity contribution in [3.8, 4) is 0 Å². The van der Waals surface area contributed by atoms with Gasteiger partial charge >= 0.3 is 0 Å². The van der Waals surface area contributed by atoms with Crippen LogP contribution in [-0.2, 0) is 0 Å². The highest BCUT2D eigenvalue weighted by Gasteiger charge is 2.65. The SMILES string of the molecule is C1CN2CCC(NC3C4C5CCC(C5)C34)C1C2. The van der Waals surface area contributed by atoms with E-state index in [-0.39, 0.29) is 0 Å². The van der Waals surface area contributed by atoms with Crippen LogP contribution < -0.4 is 5.32 Å². The quantitative estimate of drug-likeness (QED) is 0.780. The molecular formula is C15H24N2. The van der Waals surface area contributed by atoms with Crippen molar-refractivity contribution in [3.63, 3.8) is 0 Å². The molecule has 5 fully saturated rings. The van der Waals surface area contributed by atoms with Crippen LogP contribution in [0, 0.1) is 29.6 Å². The average molecular weight is 232 g/mol. The molecule has 5 aliphatic rings. The van der Waals surface area contributed by atoms with Crippen LogP contribution in [0.15, 0.2) is 0 Å². The van der Waals surface area contributed by atoms with Gasteiger partial charge in [-0.05, 0) is 74.8 Å². The van der Waals surface area contributed by atoms with Crippen molar-refractivity contribution in [2.75, 3.05) is 19.6 Å². The monoisotopic (exact) mass is 232 g/mol. The summed E-state index contributed by atoms with van der Waals surface area (Å²) in [5, 5.41) is 4.10. The van der Waals surface area contributed by atoms with E-state index in [2.05, 4.69) is 10.2 Å². The Labute approximate surface area is 104 Å². The van der Waals surface area contributed by atoms with E-state index in [4.69, 9.17) is 0 Å². The molecule has 0 amide bonds. The zero-order valence-electron chi connectivity index (χ0n) is 10.6. The van der Waals surface area contributed by atoms with Gasteiger partial charge in [0, 0.05) is 18.6 Å². The van der Waals surface area contributed by atoms with E-state index in [1.54, 1.807) is 19.3 Å². The standard InChI is InChI=1S/C15H24N2/c1-2-10-7-9(1)13-14(10)15(13)16-12-4-6-17-5-3-11(12)8-17/h9-16H,1-8H2. The van der Waals surface area contributed by atoms with Crippen molar-refractivity contribution in [2.24, 2.45) is 29.6 Å². The fourth-order valence-electron chi connectivity index (χ4n) is 5.97. The predicted molar refractivity (Wildman–Crippen MR) is 67.7 cm³/mol. The summed E-state index contributed by atoms with van der Waals surface area (Å²) in [5.74, 6) is 5.49. The largest absolute Gasteiger partial charge is 0.310 e. The lowest BCUT2D eigenvalue weighted by Gasteiger charge is -2.32. The fraction of sp³-hybridized carbons (Fsp3) is 1.00. The van der Waals surface area contributed by atoms with E-state index >= 15 is 0 Å². The summed E-state index contributed by atoms with van der Waals surface area (Å²) in [7, 11) is 0.